The highest BCUT2D eigenvalue weighted by molar-refractivity contribution is 6.30. The molecular formula is C15H22ClFN2. The summed E-state index contributed by atoms with van der Waals surface area (Å²) in [5.41, 5.74) is 6.50. The normalized spacial score (nSPS) is 21.8. The summed E-state index contributed by atoms with van der Waals surface area (Å²) >= 11 is 5.98. The molecule has 0 amide bonds. The highest BCUT2D eigenvalue weighted by Crippen LogP contribution is 2.31. The van der Waals surface area contributed by atoms with E-state index < -0.39 is 0 Å². The second-order valence-corrected chi connectivity index (χ2v) is 5.79. The smallest absolute Gasteiger partial charge is 0.128 e. The lowest BCUT2D eigenvalue weighted by atomic mass is 10.0. The predicted molar refractivity (Wildman–Crippen MR) is 77.8 cm³/mol. The summed E-state index contributed by atoms with van der Waals surface area (Å²) in [4.78, 5) is 2.30. The fraction of sp³-hybridized carbons (Fsp3) is 0.600. The summed E-state index contributed by atoms with van der Waals surface area (Å²) in [6, 6.07) is 4.67. The minimum absolute atomic E-state index is 0.0550. The Hall–Kier alpha value is -0.640. The van der Waals surface area contributed by atoms with E-state index in [1.54, 1.807) is 12.1 Å². The van der Waals surface area contributed by atoms with Gasteiger partial charge < -0.3 is 5.73 Å². The zero-order valence-corrected chi connectivity index (χ0v) is 12.2. The lowest BCUT2D eigenvalue weighted by Gasteiger charge is -2.27. The van der Waals surface area contributed by atoms with E-state index >= 15 is 0 Å². The van der Waals surface area contributed by atoms with Crippen molar-refractivity contribution in [2.45, 2.75) is 32.2 Å². The molecule has 0 bridgehead atoms. The summed E-state index contributed by atoms with van der Waals surface area (Å²) in [5.74, 6) is 0.514. The van der Waals surface area contributed by atoms with Gasteiger partial charge in [-0.05, 0) is 43.5 Å². The van der Waals surface area contributed by atoms with Crippen molar-refractivity contribution in [1.29, 1.82) is 0 Å². The van der Waals surface area contributed by atoms with Gasteiger partial charge in [0.25, 0.3) is 0 Å². The molecule has 1 aliphatic rings. The van der Waals surface area contributed by atoms with Crippen LogP contribution in [0, 0.1) is 11.7 Å². The molecule has 0 saturated carbocycles. The van der Waals surface area contributed by atoms with Gasteiger partial charge in [0.05, 0.1) is 0 Å². The van der Waals surface area contributed by atoms with Crippen LogP contribution in [0.2, 0.25) is 5.02 Å². The van der Waals surface area contributed by atoms with E-state index in [0.717, 1.165) is 19.0 Å². The number of halogens is 2. The maximum Gasteiger partial charge on any atom is 0.128 e. The highest BCUT2D eigenvalue weighted by atomic mass is 35.5. The van der Waals surface area contributed by atoms with Gasteiger partial charge in [0, 0.05) is 29.7 Å². The topological polar surface area (TPSA) is 29.3 Å². The Morgan fingerprint density at radius 3 is 3.00 bits per heavy atom. The molecule has 1 fully saturated rings. The van der Waals surface area contributed by atoms with Gasteiger partial charge in [-0.15, -0.1) is 0 Å². The highest BCUT2D eigenvalue weighted by Gasteiger charge is 2.29. The van der Waals surface area contributed by atoms with Crippen LogP contribution in [0.15, 0.2) is 18.2 Å². The second-order valence-electron chi connectivity index (χ2n) is 5.36. The van der Waals surface area contributed by atoms with Gasteiger partial charge in [-0.25, -0.2) is 4.39 Å². The minimum atomic E-state index is -0.209. The molecule has 1 aromatic carbocycles. The molecule has 19 heavy (non-hydrogen) atoms. The molecule has 0 aliphatic carbocycles. The number of hydrogen-bond donors (Lipinski definition) is 1. The number of benzene rings is 1. The molecule has 2 rings (SSSR count). The van der Waals surface area contributed by atoms with Gasteiger partial charge in [0.15, 0.2) is 0 Å². The summed E-state index contributed by atoms with van der Waals surface area (Å²) in [5, 5.41) is 0.569. The van der Waals surface area contributed by atoms with E-state index in [0.29, 0.717) is 17.1 Å². The Bertz CT molecular complexity index is 425. The standard InChI is InChI=1S/C15H22ClFN2/c1-2-3-11-6-7-19(10-11)15(9-18)13-8-12(16)4-5-14(13)17/h4-5,8,11,15H,2-3,6-7,9-10,18H2,1H3. The van der Waals surface area contributed by atoms with E-state index in [1.165, 1.54) is 25.3 Å². The number of nitrogens with zero attached hydrogens (tertiary/aromatic N) is 1. The summed E-state index contributed by atoms with van der Waals surface area (Å²) in [6.07, 6.45) is 3.63. The first-order valence-electron chi connectivity index (χ1n) is 7.04. The zero-order chi connectivity index (χ0) is 13.8. The molecule has 1 aromatic rings. The van der Waals surface area contributed by atoms with Gasteiger partial charge in [0.2, 0.25) is 0 Å². The summed E-state index contributed by atoms with van der Waals surface area (Å²) in [6.45, 7) is 4.65. The van der Waals surface area contributed by atoms with Crippen LogP contribution in [0.25, 0.3) is 0 Å². The van der Waals surface area contributed by atoms with E-state index in [1.807, 2.05) is 0 Å². The van der Waals surface area contributed by atoms with Crippen molar-refractivity contribution in [3.8, 4) is 0 Å². The Kier molecular flexibility index (Phi) is 5.20. The number of rotatable bonds is 5. The first-order valence-corrected chi connectivity index (χ1v) is 7.42. The number of likely N-dealkylation sites (tertiary alicyclic amines) is 1. The average Bonchev–Trinajstić information content (AvgIpc) is 2.83. The van der Waals surface area contributed by atoms with Crippen LogP contribution < -0.4 is 5.73 Å². The maximum atomic E-state index is 14.0. The lowest BCUT2D eigenvalue weighted by molar-refractivity contribution is 0.235. The van der Waals surface area contributed by atoms with Crippen LogP contribution in [0.5, 0.6) is 0 Å². The SMILES string of the molecule is CCCC1CCN(C(CN)c2cc(Cl)ccc2F)C1. The lowest BCUT2D eigenvalue weighted by Crippen LogP contribution is -2.32. The van der Waals surface area contributed by atoms with Gasteiger partial charge in [-0.1, -0.05) is 24.9 Å². The van der Waals surface area contributed by atoms with Crippen LogP contribution in [0.1, 0.15) is 37.8 Å². The molecule has 2 atom stereocenters. The van der Waals surface area contributed by atoms with Crippen molar-refractivity contribution in [2.24, 2.45) is 11.7 Å². The quantitative estimate of drug-likeness (QED) is 0.895. The van der Waals surface area contributed by atoms with E-state index in [2.05, 4.69) is 11.8 Å². The Morgan fingerprint density at radius 1 is 1.53 bits per heavy atom. The van der Waals surface area contributed by atoms with Crippen molar-refractivity contribution in [1.82, 2.24) is 4.90 Å². The molecule has 2 unspecified atom stereocenters. The first-order chi connectivity index (χ1) is 9.15. The summed E-state index contributed by atoms with van der Waals surface area (Å²) < 4.78 is 14.0. The van der Waals surface area contributed by atoms with Crippen LogP contribution in [-0.2, 0) is 0 Å². The van der Waals surface area contributed by atoms with Crippen molar-refractivity contribution < 1.29 is 4.39 Å². The van der Waals surface area contributed by atoms with Crippen LogP contribution in [-0.4, -0.2) is 24.5 Å². The molecule has 0 radical (unpaired) electrons. The zero-order valence-electron chi connectivity index (χ0n) is 11.4. The van der Waals surface area contributed by atoms with Crippen LogP contribution in [0.4, 0.5) is 4.39 Å². The molecule has 1 aliphatic heterocycles. The monoisotopic (exact) mass is 284 g/mol. The van der Waals surface area contributed by atoms with E-state index in [9.17, 15) is 4.39 Å². The fourth-order valence-corrected chi connectivity index (χ4v) is 3.21. The number of hydrogen-bond acceptors (Lipinski definition) is 2. The van der Waals surface area contributed by atoms with Crippen LogP contribution >= 0.6 is 11.6 Å². The van der Waals surface area contributed by atoms with Crippen molar-refractivity contribution >= 4 is 11.6 Å². The van der Waals surface area contributed by atoms with Gasteiger partial charge in [0.1, 0.15) is 5.82 Å². The van der Waals surface area contributed by atoms with E-state index in [4.69, 9.17) is 17.3 Å². The maximum absolute atomic E-state index is 14.0. The summed E-state index contributed by atoms with van der Waals surface area (Å²) in [7, 11) is 0. The second kappa shape index (κ2) is 6.69. The molecule has 2 nitrogen and oxygen atoms in total. The number of nitrogens with two attached hydrogens (primary N) is 1. The van der Waals surface area contributed by atoms with Gasteiger partial charge in [-0.2, -0.15) is 0 Å². The molecule has 106 valence electrons. The third-order valence-corrected chi connectivity index (χ3v) is 4.23. The average molecular weight is 285 g/mol. The van der Waals surface area contributed by atoms with Crippen molar-refractivity contribution in [3.05, 3.63) is 34.6 Å². The molecule has 0 spiro atoms. The minimum Gasteiger partial charge on any atom is -0.329 e. The van der Waals surface area contributed by atoms with Crippen molar-refractivity contribution in [2.75, 3.05) is 19.6 Å². The van der Waals surface area contributed by atoms with Gasteiger partial charge in [-0.3, -0.25) is 4.90 Å². The Morgan fingerprint density at radius 2 is 2.32 bits per heavy atom. The molecular weight excluding hydrogens is 263 g/mol. The van der Waals surface area contributed by atoms with Crippen LogP contribution in [0.3, 0.4) is 0 Å². The Balaban J connectivity index is 2.14. The molecule has 1 heterocycles. The predicted octanol–water partition coefficient (Wildman–Crippen LogP) is 3.60. The Labute approximate surface area is 119 Å². The third-order valence-electron chi connectivity index (χ3n) is 4.00. The molecule has 2 N–H and O–H groups in total. The third kappa shape index (κ3) is 3.47. The molecule has 4 heteroatoms. The first kappa shape index (κ1) is 14.8. The molecule has 0 aromatic heterocycles. The fourth-order valence-electron chi connectivity index (χ4n) is 3.03. The van der Waals surface area contributed by atoms with E-state index in [-0.39, 0.29) is 11.9 Å². The molecule has 1 saturated heterocycles. The van der Waals surface area contributed by atoms with Gasteiger partial charge >= 0.3 is 0 Å². The largest absolute Gasteiger partial charge is 0.329 e. The van der Waals surface area contributed by atoms with Crippen molar-refractivity contribution in [3.63, 3.8) is 0 Å².